The van der Waals surface area contributed by atoms with E-state index in [9.17, 15) is 9.18 Å². The predicted octanol–water partition coefficient (Wildman–Crippen LogP) is 7.45. The monoisotopic (exact) mass is 574 g/mol. The highest BCUT2D eigenvalue weighted by Gasteiger charge is 2.32. The number of hydrogen-bond acceptors (Lipinski definition) is 5. The van der Waals surface area contributed by atoms with Crippen LogP contribution < -0.4 is 9.47 Å². The highest BCUT2D eigenvalue weighted by atomic mass is 79.9. The first-order valence-electron chi connectivity index (χ1n) is 10.7. The van der Waals surface area contributed by atoms with Gasteiger partial charge < -0.3 is 9.47 Å². The fourth-order valence-electron chi connectivity index (χ4n) is 3.33. The van der Waals surface area contributed by atoms with Crippen LogP contribution in [0.15, 0.2) is 75.0 Å². The normalized spacial score (nSPS) is 15.8. The molecule has 1 heterocycles. The molecular formula is C26H21BrClFN2O3S. The molecule has 0 unspecified atom stereocenters. The van der Waals surface area contributed by atoms with E-state index < -0.39 is 0 Å². The van der Waals surface area contributed by atoms with Gasteiger partial charge in [0.1, 0.15) is 18.2 Å². The lowest BCUT2D eigenvalue weighted by Crippen LogP contribution is -2.28. The topological polar surface area (TPSA) is 51.1 Å². The van der Waals surface area contributed by atoms with Crippen LogP contribution in [0.1, 0.15) is 18.1 Å². The fourth-order valence-corrected chi connectivity index (χ4v) is 5.38. The maximum Gasteiger partial charge on any atom is 0.266 e. The van der Waals surface area contributed by atoms with E-state index in [1.54, 1.807) is 36.3 Å². The summed E-state index contributed by atoms with van der Waals surface area (Å²) in [4.78, 5) is 19.8. The van der Waals surface area contributed by atoms with Crippen molar-refractivity contribution in [3.63, 3.8) is 0 Å². The number of amidine groups is 1. The SMILES string of the molecule is CCN1C(=O)/C(=C\c2cc(Cl)c(OCc3ccc(F)cc3)c(Br)c2)SC1=Nc1ccc(OC)cc1. The van der Waals surface area contributed by atoms with Crippen LogP contribution in [0.5, 0.6) is 11.5 Å². The van der Waals surface area contributed by atoms with Crippen molar-refractivity contribution >= 4 is 62.1 Å². The molecule has 3 aromatic rings. The quantitative estimate of drug-likeness (QED) is 0.275. The van der Waals surface area contributed by atoms with Crippen molar-refractivity contribution in [1.82, 2.24) is 4.90 Å². The van der Waals surface area contributed by atoms with Gasteiger partial charge in [-0.3, -0.25) is 9.69 Å². The van der Waals surface area contributed by atoms with Crippen LogP contribution in [0.4, 0.5) is 10.1 Å². The molecule has 1 saturated heterocycles. The van der Waals surface area contributed by atoms with E-state index in [0.717, 1.165) is 22.6 Å². The number of likely N-dealkylation sites (N-methyl/N-ethyl adjacent to an activating group) is 1. The summed E-state index contributed by atoms with van der Waals surface area (Å²) in [5.74, 6) is 0.794. The molecule has 0 radical (unpaired) electrons. The molecule has 0 aromatic heterocycles. The van der Waals surface area contributed by atoms with Gasteiger partial charge in [-0.15, -0.1) is 0 Å². The third-order valence-corrected chi connectivity index (χ3v) is 6.99. The number of ether oxygens (including phenoxy) is 2. The summed E-state index contributed by atoms with van der Waals surface area (Å²) in [6, 6.07) is 17.0. The Hall–Kier alpha value is -2.81. The maximum atomic E-state index is 13.1. The fraction of sp³-hybridized carbons (Fsp3) is 0.154. The molecule has 5 nitrogen and oxygen atoms in total. The number of amides is 1. The van der Waals surface area contributed by atoms with Gasteiger partial charge in [0.15, 0.2) is 10.9 Å². The summed E-state index contributed by atoms with van der Waals surface area (Å²) in [7, 11) is 1.61. The second kappa shape index (κ2) is 11.3. The van der Waals surface area contributed by atoms with Gasteiger partial charge in [0.25, 0.3) is 5.91 Å². The second-order valence-electron chi connectivity index (χ2n) is 7.48. The first-order valence-corrected chi connectivity index (χ1v) is 12.7. The van der Waals surface area contributed by atoms with E-state index in [-0.39, 0.29) is 18.3 Å². The van der Waals surface area contributed by atoms with Crippen LogP contribution in [0.3, 0.4) is 0 Å². The number of methoxy groups -OCH3 is 1. The number of rotatable bonds is 7. The average Bonchev–Trinajstić information content (AvgIpc) is 3.13. The summed E-state index contributed by atoms with van der Waals surface area (Å²) in [5.41, 5.74) is 2.29. The van der Waals surface area contributed by atoms with Gasteiger partial charge in [-0.2, -0.15) is 0 Å². The van der Waals surface area contributed by atoms with Crippen LogP contribution in [-0.2, 0) is 11.4 Å². The Morgan fingerprint density at radius 2 is 1.86 bits per heavy atom. The van der Waals surface area contributed by atoms with Crippen molar-refractivity contribution in [3.05, 3.63) is 92.0 Å². The van der Waals surface area contributed by atoms with Gasteiger partial charge in [-0.05, 0) is 100 Å². The van der Waals surface area contributed by atoms with Gasteiger partial charge in [0.2, 0.25) is 0 Å². The zero-order chi connectivity index (χ0) is 24.9. The number of thioether (sulfide) groups is 1. The van der Waals surface area contributed by atoms with Crippen molar-refractivity contribution in [3.8, 4) is 11.5 Å². The van der Waals surface area contributed by atoms with Crippen LogP contribution in [-0.4, -0.2) is 29.6 Å². The number of benzene rings is 3. The number of halogens is 3. The summed E-state index contributed by atoms with van der Waals surface area (Å²) >= 11 is 11.3. The Morgan fingerprint density at radius 3 is 2.49 bits per heavy atom. The van der Waals surface area contributed by atoms with Crippen molar-refractivity contribution in [1.29, 1.82) is 0 Å². The third-order valence-electron chi connectivity index (χ3n) is 5.12. The Bertz CT molecular complexity index is 1270. The van der Waals surface area contributed by atoms with Crippen LogP contribution in [0.2, 0.25) is 5.02 Å². The van der Waals surface area contributed by atoms with Gasteiger partial charge in [-0.25, -0.2) is 9.38 Å². The number of carbonyl (C=O) groups is 1. The molecule has 35 heavy (non-hydrogen) atoms. The molecule has 1 fully saturated rings. The molecule has 0 bridgehead atoms. The zero-order valence-electron chi connectivity index (χ0n) is 18.9. The standard InChI is InChI=1S/C26H21BrClFN2O3S/c1-3-31-25(32)23(35-26(31)30-19-8-10-20(33-2)11-9-19)14-17-12-21(27)24(22(28)13-17)34-15-16-4-6-18(29)7-5-16/h4-14H,3,15H2,1-2H3/b23-14+,30-26?. The minimum atomic E-state index is -0.302. The lowest BCUT2D eigenvalue weighted by molar-refractivity contribution is -0.122. The van der Waals surface area contributed by atoms with Gasteiger partial charge >= 0.3 is 0 Å². The van der Waals surface area contributed by atoms with E-state index in [4.69, 9.17) is 21.1 Å². The van der Waals surface area contributed by atoms with Crippen molar-refractivity contribution in [2.45, 2.75) is 13.5 Å². The third kappa shape index (κ3) is 6.07. The van der Waals surface area contributed by atoms with E-state index in [0.29, 0.717) is 31.9 Å². The Morgan fingerprint density at radius 1 is 1.14 bits per heavy atom. The predicted molar refractivity (Wildman–Crippen MR) is 143 cm³/mol. The largest absolute Gasteiger partial charge is 0.497 e. The average molecular weight is 576 g/mol. The molecule has 3 aromatic carbocycles. The molecule has 1 aliphatic rings. The molecule has 1 aliphatic heterocycles. The number of hydrogen-bond donors (Lipinski definition) is 0. The van der Waals surface area contributed by atoms with Crippen LogP contribution in [0, 0.1) is 5.82 Å². The van der Waals surface area contributed by atoms with E-state index >= 15 is 0 Å². The van der Waals surface area contributed by atoms with E-state index in [1.165, 1.54) is 23.9 Å². The first-order chi connectivity index (χ1) is 16.9. The second-order valence-corrected chi connectivity index (χ2v) is 9.75. The molecule has 0 spiro atoms. The van der Waals surface area contributed by atoms with Gasteiger partial charge in [-0.1, -0.05) is 23.7 Å². The first kappa shape index (κ1) is 25.3. The van der Waals surface area contributed by atoms with Crippen molar-refractivity contribution in [2.75, 3.05) is 13.7 Å². The van der Waals surface area contributed by atoms with Crippen molar-refractivity contribution < 1.29 is 18.7 Å². The minimum Gasteiger partial charge on any atom is -0.497 e. The smallest absolute Gasteiger partial charge is 0.266 e. The van der Waals surface area contributed by atoms with Gasteiger partial charge in [0.05, 0.1) is 27.2 Å². The van der Waals surface area contributed by atoms with Crippen molar-refractivity contribution in [2.24, 2.45) is 4.99 Å². The van der Waals surface area contributed by atoms with Crippen LogP contribution in [0.25, 0.3) is 6.08 Å². The number of nitrogens with zero attached hydrogens (tertiary/aromatic N) is 2. The Kier molecular flexibility index (Phi) is 8.15. The highest BCUT2D eigenvalue weighted by Crippen LogP contribution is 2.38. The minimum absolute atomic E-state index is 0.117. The molecule has 0 atom stereocenters. The van der Waals surface area contributed by atoms with Gasteiger partial charge in [0, 0.05) is 6.54 Å². The lowest BCUT2D eigenvalue weighted by Gasteiger charge is -2.12. The van der Waals surface area contributed by atoms with E-state index in [1.807, 2.05) is 37.3 Å². The Balaban J connectivity index is 1.54. The summed E-state index contributed by atoms with van der Waals surface area (Å²) in [6.45, 7) is 2.65. The molecule has 0 aliphatic carbocycles. The van der Waals surface area contributed by atoms with E-state index in [2.05, 4.69) is 20.9 Å². The maximum absolute atomic E-state index is 13.1. The van der Waals surface area contributed by atoms with Crippen LogP contribution >= 0.6 is 39.3 Å². The summed E-state index contributed by atoms with van der Waals surface area (Å²) in [6.07, 6.45) is 1.78. The Labute approximate surface area is 220 Å². The molecular weight excluding hydrogens is 555 g/mol. The molecule has 1 amide bonds. The number of aliphatic imine (C=N–C) groups is 1. The zero-order valence-corrected chi connectivity index (χ0v) is 22.1. The molecule has 180 valence electrons. The molecule has 0 N–H and O–H groups in total. The molecule has 0 saturated carbocycles. The summed E-state index contributed by atoms with van der Waals surface area (Å²) < 4.78 is 24.8. The number of carbonyl (C=O) groups excluding carboxylic acids is 1. The lowest BCUT2D eigenvalue weighted by atomic mass is 10.2. The summed E-state index contributed by atoms with van der Waals surface area (Å²) in [5, 5.41) is 1.00. The molecule has 4 rings (SSSR count). The highest BCUT2D eigenvalue weighted by molar-refractivity contribution is 9.10. The molecule has 9 heteroatoms.